The van der Waals surface area contributed by atoms with E-state index in [0.29, 0.717) is 5.41 Å². The monoisotopic (exact) mass is 205 g/mol. The zero-order chi connectivity index (χ0) is 9.43. The van der Waals surface area contributed by atoms with Crippen LogP contribution in [-0.4, -0.2) is 12.3 Å². The highest BCUT2D eigenvalue weighted by Gasteiger charge is 2.38. The van der Waals surface area contributed by atoms with Gasteiger partial charge in [-0.15, -0.1) is 11.8 Å². The molecular weight excluding hydrogens is 190 g/mol. The molecule has 0 unspecified atom stereocenters. The van der Waals surface area contributed by atoms with Crippen LogP contribution in [0.2, 0.25) is 0 Å². The van der Waals surface area contributed by atoms with E-state index in [1.807, 2.05) is 11.8 Å². The Hall–Kier alpha value is -0.630. The molecule has 1 aromatic rings. The van der Waals surface area contributed by atoms with Gasteiger partial charge in [-0.05, 0) is 30.4 Å². The molecule has 0 amide bonds. The molecule has 1 N–H and O–H groups in total. The standard InChI is InChI=1S/C12H15NS/c1-2-5-11-10(4-1)13-8-12(9-14-11)6-3-7-12/h1-2,4-5,13H,3,6-9H2. The van der Waals surface area contributed by atoms with Crippen molar-refractivity contribution in [2.45, 2.75) is 24.2 Å². The van der Waals surface area contributed by atoms with E-state index >= 15 is 0 Å². The lowest BCUT2D eigenvalue weighted by Gasteiger charge is -2.40. The van der Waals surface area contributed by atoms with Crippen molar-refractivity contribution in [2.24, 2.45) is 5.41 Å². The highest BCUT2D eigenvalue weighted by Crippen LogP contribution is 2.47. The summed E-state index contributed by atoms with van der Waals surface area (Å²) in [5, 5.41) is 3.60. The average molecular weight is 205 g/mol. The van der Waals surface area contributed by atoms with Crippen LogP contribution in [0.25, 0.3) is 0 Å². The maximum atomic E-state index is 3.60. The van der Waals surface area contributed by atoms with Crippen molar-refractivity contribution in [2.75, 3.05) is 17.6 Å². The molecule has 1 fully saturated rings. The third-order valence-corrected chi connectivity index (χ3v) is 4.91. The fraction of sp³-hybridized carbons (Fsp3) is 0.500. The van der Waals surface area contributed by atoms with Gasteiger partial charge in [0.1, 0.15) is 0 Å². The predicted molar refractivity (Wildman–Crippen MR) is 61.9 cm³/mol. The van der Waals surface area contributed by atoms with Crippen LogP contribution >= 0.6 is 11.8 Å². The summed E-state index contributed by atoms with van der Waals surface area (Å²) in [5.74, 6) is 1.30. The minimum absolute atomic E-state index is 0.615. The highest BCUT2D eigenvalue weighted by atomic mass is 32.2. The second kappa shape index (κ2) is 3.20. The number of hydrogen-bond donors (Lipinski definition) is 1. The number of thioether (sulfide) groups is 1. The van der Waals surface area contributed by atoms with Crippen LogP contribution in [0.3, 0.4) is 0 Å². The summed E-state index contributed by atoms with van der Waals surface area (Å²) in [6.45, 7) is 1.18. The normalized spacial score (nSPS) is 23.1. The summed E-state index contributed by atoms with van der Waals surface area (Å²) in [4.78, 5) is 1.43. The Kier molecular flexibility index (Phi) is 1.98. The summed E-state index contributed by atoms with van der Waals surface area (Å²) in [7, 11) is 0. The topological polar surface area (TPSA) is 12.0 Å². The van der Waals surface area contributed by atoms with Gasteiger partial charge in [0.05, 0.1) is 0 Å². The molecule has 1 spiro atoms. The van der Waals surface area contributed by atoms with Gasteiger partial charge in [0.25, 0.3) is 0 Å². The van der Waals surface area contributed by atoms with Crippen LogP contribution in [0.4, 0.5) is 5.69 Å². The fourth-order valence-electron chi connectivity index (χ4n) is 2.30. The zero-order valence-corrected chi connectivity index (χ0v) is 9.07. The SMILES string of the molecule is c1ccc2c(c1)NCC1(CCC1)CS2. The lowest BCUT2D eigenvalue weighted by Crippen LogP contribution is -2.37. The molecule has 1 aliphatic carbocycles. The number of anilines is 1. The third kappa shape index (κ3) is 1.33. The van der Waals surface area contributed by atoms with Crippen molar-refractivity contribution < 1.29 is 0 Å². The van der Waals surface area contributed by atoms with Crippen molar-refractivity contribution in [1.29, 1.82) is 0 Å². The number of hydrogen-bond acceptors (Lipinski definition) is 2. The maximum Gasteiger partial charge on any atom is 0.0478 e. The summed E-state index contributed by atoms with van der Waals surface area (Å²) >= 11 is 2.03. The molecule has 2 heteroatoms. The summed E-state index contributed by atoms with van der Waals surface area (Å²) in [6, 6.07) is 8.67. The molecule has 1 heterocycles. The Morgan fingerprint density at radius 1 is 1.21 bits per heavy atom. The van der Waals surface area contributed by atoms with Gasteiger partial charge in [-0.3, -0.25) is 0 Å². The van der Waals surface area contributed by atoms with Crippen LogP contribution in [0.1, 0.15) is 19.3 Å². The van der Waals surface area contributed by atoms with Crippen LogP contribution < -0.4 is 5.32 Å². The van der Waals surface area contributed by atoms with Gasteiger partial charge in [0.2, 0.25) is 0 Å². The summed E-state index contributed by atoms with van der Waals surface area (Å²) in [6.07, 6.45) is 4.26. The molecule has 74 valence electrons. The molecule has 0 aromatic heterocycles. The molecule has 1 nitrogen and oxygen atoms in total. The Morgan fingerprint density at radius 2 is 2.07 bits per heavy atom. The van der Waals surface area contributed by atoms with E-state index in [9.17, 15) is 0 Å². The minimum atomic E-state index is 0.615. The van der Waals surface area contributed by atoms with Gasteiger partial charge in [0.15, 0.2) is 0 Å². The van der Waals surface area contributed by atoms with Crippen molar-refractivity contribution in [3.05, 3.63) is 24.3 Å². The average Bonchev–Trinajstić information content (AvgIpc) is 2.36. The highest BCUT2D eigenvalue weighted by molar-refractivity contribution is 7.99. The Balaban J connectivity index is 1.86. The van der Waals surface area contributed by atoms with Crippen LogP contribution in [0.5, 0.6) is 0 Å². The Bertz CT molecular complexity index is 315. The largest absolute Gasteiger partial charge is 0.384 e. The fourth-order valence-corrected chi connectivity index (χ4v) is 3.62. The van der Waals surface area contributed by atoms with E-state index in [1.54, 1.807) is 0 Å². The van der Waals surface area contributed by atoms with E-state index in [0.717, 1.165) is 0 Å². The second-order valence-corrected chi connectivity index (χ2v) is 5.51. The number of rotatable bonds is 0. The van der Waals surface area contributed by atoms with Gasteiger partial charge in [0, 0.05) is 22.9 Å². The Labute approximate surface area is 89.3 Å². The molecule has 0 atom stereocenters. The molecule has 14 heavy (non-hydrogen) atoms. The molecule has 0 saturated heterocycles. The first-order chi connectivity index (χ1) is 6.88. The maximum absolute atomic E-state index is 3.60. The molecular formula is C12H15NS. The van der Waals surface area contributed by atoms with E-state index in [1.165, 1.54) is 42.1 Å². The van der Waals surface area contributed by atoms with Crippen molar-refractivity contribution >= 4 is 17.4 Å². The third-order valence-electron chi connectivity index (χ3n) is 3.49. The van der Waals surface area contributed by atoms with Crippen molar-refractivity contribution in [3.8, 4) is 0 Å². The van der Waals surface area contributed by atoms with E-state index in [4.69, 9.17) is 0 Å². The van der Waals surface area contributed by atoms with Gasteiger partial charge < -0.3 is 5.32 Å². The van der Waals surface area contributed by atoms with Crippen molar-refractivity contribution in [1.82, 2.24) is 0 Å². The smallest absolute Gasteiger partial charge is 0.0478 e. The van der Waals surface area contributed by atoms with Gasteiger partial charge in [-0.2, -0.15) is 0 Å². The number of benzene rings is 1. The van der Waals surface area contributed by atoms with E-state index in [2.05, 4.69) is 29.6 Å². The van der Waals surface area contributed by atoms with Gasteiger partial charge in [-0.25, -0.2) is 0 Å². The first-order valence-corrected chi connectivity index (χ1v) is 6.32. The zero-order valence-electron chi connectivity index (χ0n) is 8.25. The molecule has 1 aliphatic heterocycles. The number of fused-ring (bicyclic) bond motifs is 1. The predicted octanol–water partition coefficient (Wildman–Crippen LogP) is 3.37. The first kappa shape index (κ1) is 8.66. The van der Waals surface area contributed by atoms with Crippen LogP contribution in [0.15, 0.2) is 29.2 Å². The lowest BCUT2D eigenvalue weighted by atomic mass is 9.70. The molecule has 0 bridgehead atoms. The van der Waals surface area contributed by atoms with Crippen molar-refractivity contribution in [3.63, 3.8) is 0 Å². The number of nitrogens with one attached hydrogen (secondary N) is 1. The van der Waals surface area contributed by atoms with E-state index in [-0.39, 0.29) is 0 Å². The van der Waals surface area contributed by atoms with Crippen LogP contribution in [0, 0.1) is 5.41 Å². The molecule has 0 radical (unpaired) electrons. The quantitative estimate of drug-likeness (QED) is 0.697. The lowest BCUT2D eigenvalue weighted by molar-refractivity contribution is 0.187. The Morgan fingerprint density at radius 3 is 2.86 bits per heavy atom. The summed E-state index contributed by atoms with van der Waals surface area (Å²) in [5.41, 5.74) is 1.95. The molecule has 3 rings (SSSR count). The van der Waals surface area contributed by atoms with Crippen LogP contribution in [-0.2, 0) is 0 Å². The van der Waals surface area contributed by atoms with Gasteiger partial charge in [-0.1, -0.05) is 18.6 Å². The molecule has 2 aliphatic rings. The first-order valence-electron chi connectivity index (χ1n) is 5.34. The number of para-hydroxylation sites is 1. The van der Waals surface area contributed by atoms with E-state index < -0.39 is 0 Å². The summed E-state index contributed by atoms with van der Waals surface area (Å²) < 4.78 is 0. The van der Waals surface area contributed by atoms with Gasteiger partial charge >= 0.3 is 0 Å². The molecule has 1 aromatic carbocycles. The minimum Gasteiger partial charge on any atom is -0.384 e. The molecule has 1 saturated carbocycles. The second-order valence-electron chi connectivity index (χ2n) is 4.49.